The number of halogens is 2. The molecule has 0 heterocycles. The maximum atomic E-state index is 9.28. The number of hydrogen-bond donors (Lipinski definition) is 1. The minimum absolute atomic E-state index is 0.182. The highest BCUT2D eigenvalue weighted by atomic mass is 35.5. The fourth-order valence-electron chi connectivity index (χ4n) is 3.05. The first-order valence-corrected chi connectivity index (χ1v) is 10.6. The molecule has 31 heavy (non-hydrogen) atoms. The van der Waals surface area contributed by atoms with Crippen LogP contribution in [0.3, 0.4) is 0 Å². The Hall–Kier alpha value is -2.95. The maximum Gasteiger partial charge on any atom is 0.134 e. The first kappa shape index (κ1) is 22.7. The quantitative estimate of drug-likeness (QED) is 0.219. The topological polar surface area (TPSA) is 51.0 Å². The third-order valence-electron chi connectivity index (χ3n) is 4.85. The van der Waals surface area contributed by atoms with Crippen molar-refractivity contribution in [3.63, 3.8) is 0 Å². The summed E-state index contributed by atoms with van der Waals surface area (Å²) in [6, 6.07) is 25.3. The van der Waals surface area contributed by atoms with Gasteiger partial charge in [0.2, 0.25) is 0 Å². The molecule has 160 valence electrons. The van der Waals surface area contributed by atoms with Crippen LogP contribution in [-0.4, -0.2) is 24.1 Å². The molecule has 0 amide bonds. The van der Waals surface area contributed by atoms with Crippen LogP contribution in [-0.2, 0) is 0 Å². The lowest BCUT2D eigenvalue weighted by Crippen LogP contribution is -2.13. The molecule has 0 aliphatic heterocycles. The van der Waals surface area contributed by atoms with Crippen LogP contribution in [0.15, 0.2) is 94.6 Å². The molecule has 0 aliphatic carbocycles. The molecule has 1 N–H and O–H groups in total. The van der Waals surface area contributed by atoms with E-state index in [0.717, 1.165) is 16.9 Å². The van der Waals surface area contributed by atoms with Crippen molar-refractivity contribution in [3.8, 4) is 11.5 Å². The van der Waals surface area contributed by atoms with E-state index in [9.17, 15) is 5.21 Å². The molecule has 0 saturated heterocycles. The first-order valence-electron chi connectivity index (χ1n) is 9.80. The average Bonchev–Trinajstić information content (AvgIpc) is 2.80. The molecule has 0 spiro atoms. The van der Waals surface area contributed by atoms with Gasteiger partial charge in [0, 0.05) is 11.5 Å². The summed E-state index contributed by atoms with van der Waals surface area (Å²) in [5.74, 6) is 1.67. The number of ether oxygens (including phenoxy) is 2. The molecule has 0 aromatic heterocycles. The molecule has 4 nitrogen and oxygen atoms in total. The largest absolute Gasteiger partial charge is 0.489 e. The highest BCUT2D eigenvalue weighted by Gasteiger charge is 2.10. The summed E-state index contributed by atoms with van der Waals surface area (Å²) in [5.41, 5.74) is 3.64. The van der Waals surface area contributed by atoms with Gasteiger partial charge in [0.15, 0.2) is 0 Å². The molecule has 1 unspecified atom stereocenters. The average molecular weight is 456 g/mol. The van der Waals surface area contributed by atoms with E-state index in [1.807, 2.05) is 78.9 Å². The normalized spacial score (nSPS) is 12.2. The lowest BCUT2D eigenvalue weighted by atomic mass is 9.93. The molecule has 3 aromatic carbocycles. The Bertz CT molecular complexity index is 1010. The van der Waals surface area contributed by atoms with Gasteiger partial charge in [-0.3, -0.25) is 0 Å². The molecule has 3 aromatic rings. The molecule has 0 saturated carbocycles. The maximum absolute atomic E-state index is 9.28. The van der Waals surface area contributed by atoms with Gasteiger partial charge < -0.3 is 14.7 Å². The van der Waals surface area contributed by atoms with Gasteiger partial charge in [-0.05, 0) is 41.5 Å². The van der Waals surface area contributed by atoms with Crippen molar-refractivity contribution in [1.82, 2.24) is 0 Å². The standard InChI is InChI=1S/C25H23Cl2NO3/c1-18(19-7-11-22(12-8-19)30-16-15-25(26)27)20-9-13-23(14-10-20)31-17-24(28-29)21-5-3-2-4-6-21/h2-15,18,29H,16-17H2,1H3. The molecule has 1 atom stereocenters. The second-order valence-electron chi connectivity index (χ2n) is 6.87. The summed E-state index contributed by atoms with van der Waals surface area (Å²) < 4.78 is 11.6. The van der Waals surface area contributed by atoms with Crippen molar-refractivity contribution in [2.75, 3.05) is 13.2 Å². The van der Waals surface area contributed by atoms with Crippen LogP contribution < -0.4 is 9.47 Å². The van der Waals surface area contributed by atoms with Gasteiger partial charge in [-0.25, -0.2) is 0 Å². The Kier molecular flexibility index (Phi) is 8.39. The van der Waals surface area contributed by atoms with Crippen molar-refractivity contribution in [2.45, 2.75) is 12.8 Å². The molecule has 0 bridgehead atoms. The van der Waals surface area contributed by atoms with Crippen LogP contribution in [0.1, 0.15) is 29.5 Å². The minimum Gasteiger partial charge on any atom is -0.489 e. The summed E-state index contributed by atoms with van der Waals surface area (Å²) in [6.07, 6.45) is 1.60. The second-order valence-corrected chi connectivity index (χ2v) is 7.87. The van der Waals surface area contributed by atoms with E-state index in [-0.39, 0.29) is 17.0 Å². The minimum atomic E-state index is 0.182. The molecular weight excluding hydrogens is 433 g/mol. The van der Waals surface area contributed by atoms with E-state index in [0.29, 0.717) is 18.1 Å². The lowest BCUT2D eigenvalue weighted by molar-refractivity contribution is 0.308. The zero-order chi connectivity index (χ0) is 22.1. The first-order chi connectivity index (χ1) is 15.1. The summed E-state index contributed by atoms with van der Waals surface area (Å²) in [5, 5.41) is 12.6. The highest BCUT2D eigenvalue weighted by molar-refractivity contribution is 6.55. The molecule has 0 radical (unpaired) electrons. The fourth-order valence-corrected chi connectivity index (χ4v) is 3.18. The van der Waals surface area contributed by atoms with Crippen molar-refractivity contribution >= 4 is 28.9 Å². The van der Waals surface area contributed by atoms with Crippen molar-refractivity contribution < 1.29 is 14.7 Å². The van der Waals surface area contributed by atoms with Gasteiger partial charge in [-0.2, -0.15) is 0 Å². The Morgan fingerprint density at radius 1 is 0.871 bits per heavy atom. The zero-order valence-corrected chi connectivity index (χ0v) is 18.6. The SMILES string of the molecule is CC(c1ccc(OCC=C(Cl)Cl)cc1)c1ccc(OCC(=NO)c2ccccc2)cc1. The smallest absolute Gasteiger partial charge is 0.134 e. The van der Waals surface area contributed by atoms with Crippen LogP contribution in [0.25, 0.3) is 0 Å². The Morgan fingerprint density at radius 3 is 1.94 bits per heavy atom. The number of benzene rings is 3. The van der Waals surface area contributed by atoms with Gasteiger partial charge in [-0.1, -0.05) is 89.9 Å². The second kappa shape index (κ2) is 11.4. The van der Waals surface area contributed by atoms with Crippen LogP contribution in [0, 0.1) is 0 Å². The number of oxime groups is 1. The van der Waals surface area contributed by atoms with E-state index in [1.54, 1.807) is 6.08 Å². The third-order valence-corrected chi connectivity index (χ3v) is 5.16. The monoisotopic (exact) mass is 455 g/mol. The molecule has 3 rings (SSSR count). The molecular formula is C25H23Cl2NO3. The Labute approximate surface area is 192 Å². The third kappa shape index (κ3) is 6.78. The molecule has 0 fully saturated rings. The fraction of sp³-hybridized carbons (Fsp3) is 0.160. The van der Waals surface area contributed by atoms with Crippen molar-refractivity contribution in [3.05, 3.63) is 106 Å². The Balaban J connectivity index is 1.58. The van der Waals surface area contributed by atoms with Gasteiger partial charge in [0.05, 0.1) is 0 Å². The van der Waals surface area contributed by atoms with Gasteiger partial charge in [-0.15, -0.1) is 0 Å². The van der Waals surface area contributed by atoms with E-state index in [1.165, 1.54) is 5.56 Å². The van der Waals surface area contributed by atoms with E-state index >= 15 is 0 Å². The van der Waals surface area contributed by atoms with Crippen LogP contribution >= 0.6 is 23.2 Å². The molecule has 0 aliphatic rings. The highest BCUT2D eigenvalue weighted by Crippen LogP contribution is 2.27. The number of rotatable bonds is 9. The summed E-state index contributed by atoms with van der Waals surface area (Å²) in [7, 11) is 0. The van der Waals surface area contributed by atoms with Gasteiger partial charge in [0.25, 0.3) is 0 Å². The summed E-state index contributed by atoms with van der Waals surface area (Å²) in [4.78, 5) is 0. The number of nitrogens with zero attached hydrogens (tertiary/aromatic N) is 1. The summed E-state index contributed by atoms with van der Waals surface area (Å²) >= 11 is 11.2. The van der Waals surface area contributed by atoms with Crippen molar-refractivity contribution in [2.24, 2.45) is 5.16 Å². The van der Waals surface area contributed by atoms with Gasteiger partial charge in [0.1, 0.15) is 34.9 Å². The zero-order valence-electron chi connectivity index (χ0n) is 17.0. The summed E-state index contributed by atoms with van der Waals surface area (Å²) in [6.45, 7) is 2.65. The number of hydrogen-bond acceptors (Lipinski definition) is 4. The van der Waals surface area contributed by atoms with Crippen molar-refractivity contribution in [1.29, 1.82) is 0 Å². The predicted octanol–water partition coefficient (Wildman–Crippen LogP) is 6.79. The van der Waals surface area contributed by atoms with Crippen LogP contribution in [0.4, 0.5) is 0 Å². The van der Waals surface area contributed by atoms with Crippen LogP contribution in [0.5, 0.6) is 11.5 Å². The van der Waals surface area contributed by atoms with E-state index in [2.05, 4.69) is 12.1 Å². The lowest BCUT2D eigenvalue weighted by Gasteiger charge is -2.14. The molecule has 6 heteroatoms. The van der Waals surface area contributed by atoms with Crippen LogP contribution in [0.2, 0.25) is 0 Å². The van der Waals surface area contributed by atoms with E-state index in [4.69, 9.17) is 32.7 Å². The van der Waals surface area contributed by atoms with Gasteiger partial charge >= 0.3 is 0 Å². The predicted molar refractivity (Wildman–Crippen MR) is 126 cm³/mol. The Morgan fingerprint density at radius 2 is 1.42 bits per heavy atom. The van der Waals surface area contributed by atoms with E-state index < -0.39 is 0 Å².